The van der Waals surface area contributed by atoms with E-state index in [1.807, 2.05) is 25.6 Å². The van der Waals surface area contributed by atoms with Crippen LogP contribution in [0.2, 0.25) is 0 Å². The van der Waals surface area contributed by atoms with Crippen molar-refractivity contribution in [3.05, 3.63) is 35.9 Å². The first-order chi connectivity index (χ1) is 10.4. The summed E-state index contributed by atoms with van der Waals surface area (Å²) in [7, 11) is 0. The summed E-state index contributed by atoms with van der Waals surface area (Å²) in [5.41, 5.74) is 0.818. The van der Waals surface area contributed by atoms with Crippen LogP contribution in [0.4, 0.5) is 0 Å². The van der Waals surface area contributed by atoms with Gasteiger partial charge in [0.2, 0.25) is 0 Å². The van der Waals surface area contributed by atoms with E-state index in [0.717, 1.165) is 38.5 Å². The molecule has 22 heavy (non-hydrogen) atoms. The Hall–Kier alpha value is -0.550. The minimum Gasteiger partial charge on any atom is -0.389 e. The van der Waals surface area contributed by atoms with Crippen molar-refractivity contribution in [2.75, 3.05) is 38.5 Å². The maximum atomic E-state index is 9.98. The van der Waals surface area contributed by atoms with Gasteiger partial charge >= 0.3 is 0 Å². The van der Waals surface area contributed by atoms with Gasteiger partial charge in [0.25, 0.3) is 0 Å². The number of piperazine rings is 1. The van der Waals surface area contributed by atoms with Crippen LogP contribution in [-0.4, -0.2) is 65.0 Å². The van der Waals surface area contributed by atoms with E-state index in [4.69, 9.17) is 0 Å². The number of nitrogens with zero attached hydrogens (tertiary/aromatic N) is 2. The molecule has 1 aliphatic rings. The molecule has 0 unspecified atom stereocenters. The smallest absolute Gasteiger partial charge is 0.0718 e. The summed E-state index contributed by atoms with van der Waals surface area (Å²) < 4.78 is 0. The number of aliphatic hydroxyl groups is 1. The molecule has 1 fully saturated rings. The van der Waals surface area contributed by atoms with E-state index in [9.17, 15) is 5.11 Å². The van der Waals surface area contributed by atoms with Crippen molar-refractivity contribution < 1.29 is 5.11 Å². The molecule has 0 spiro atoms. The third-order valence-electron chi connectivity index (χ3n) is 4.10. The zero-order valence-corrected chi connectivity index (χ0v) is 15.0. The topological polar surface area (TPSA) is 26.7 Å². The number of hydrogen-bond acceptors (Lipinski definition) is 4. The van der Waals surface area contributed by atoms with Crippen molar-refractivity contribution in [2.24, 2.45) is 0 Å². The lowest BCUT2D eigenvalue weighted by molar-refractivity contribution is -0.00248. The molecule has 1 aromatic carbocycles. The zero-order valence-electron chi connectivity index (χ0n) is 14.2. The molecule has 0 amide bonds. The highest BCUT2D eigenvalue weighted by atomic mass is 32.2. The molecule has 124 valence electrons. The van der Waals surface area contributed by atoms with E-state index >= 15 is 0 Å². The van der Waals surface area contributed by atoms with E-state index in [2.05, 4.69) is 47.1 Å². The van der Waals surface area contributed by atoms with Crippen molar-refractivity contribution in [1.82, 2.24) is 9.80 Å². The summed E-state index contributed by atoms with van der Waals surface area (Å²) in [6, 6.07) is 11.2. The van der Waals surface area contributed by atoms with Crippen LogP contribution in [0.1, 0.15) is 26.3 Å². The second-order valence-corrected chi connectivity index (χ2v) is 8.08. The van der Waals surface area contributed by atoms with Crippen molar-refractivity contribution in [2.45, 2.75) is 38.2 Å². The Morgan fingerprint density at radius 2 is 1.95 bits per heavy atom. The first-order valence-corrected chi connectivity index (χ1v) is 9.40. The highest BCUT2D eigenvalue weighted by molar-refractivity contribution is 7.98. The van der Waals surface area contributed by atoms with Gasteiger partial charge in [0.1, 0.15) is 0 Å². The van der Waals surface area contributed by atoms with E-state index in [0.29, 0.717) is 6.04 Å². The Kier molecular flexibility index (Phi) is 6.75. The van der Waals surface area contributed by atoms with Gasteiger partial charge in [-0.15, -0.1) is 0 Å². The van der Waals surface area contributed by atoms with Gasteiger partial charge < -0.3 is 5.11 Å². The second kappa shape index (κ2) is 8.34. The minimum atomic E-state index is -0.595. The fraction of sp³-hybridized carbons (Fsp3) is 0.667. The standard InChI is InChI=1S/C18H30N2OS/c1-16-13-19(9-10-20(16)15-18(2,3)21)11-12-22-14-17-7-5-4-6-8-17/h4-8,16,21H,9-15H2,1-3H3/t16-/m0/s1. The molecular formula is C18H30N2OS. The van der Waals surface area contributed by atoms with Crippen molar-refractivity contribution in [1.29, 1.82) is 0 Å². The van der Waals surface area contributed by atoms with Crippen LogP contribution in [0, 0.1) is 0 Å². The van der Waals surface area contributed by atoms with E-state index in [-0.39, 0.29) is 0 Å². The molecule has 4 heteroatoms. The van der Waals surface area contributed by atoms with Crippen molar-refractivity contribution >= 4 is 11.8 Å². The Labute approximate surface area is 139 Å². The number of β-amino-alcohol motifs (C(OH)–C–C–N with tert-alkyl or cyclic N) is 1. The first-order valence-electron chi connectivity index (χ1n) is 8.24. The van der Waals surface area contributed by atoms with Crippen LogP contribution >= 0.6 is 11.8 Å². The predicted octanol–water partition coefficient (Wildman–Crippen LogP) is 2.70. The van der Waals surface area contributed by atoms with Crippen molar-refractivity contribution in [3.63, 3.8) is 0 Å². The first kappa shape index (κ1) is 17.8. The molecule has 1 atom stereocenters. The van der Waals surface area contributed by atoms with E-state index < -0.39 is 5.60 Å². The molecule has 1 heterocycles. The molecule has 0 bridgehead atoms. The molecule has 2 rings (SSSR count). The Balaban J connectivity index is 1.64. The average molecular weight is 323 g/mol. The molecule has 0 radical (unpaired) electrons. The fourth-order valence-corrected chi connectivity index (χ4v) is 3.92. The average Bonchev–Trinajstić information content (AvgIpc) is 2.46. The second-order valence-electron chi connectivity index (χ2n) is 6.97. The van der Waals surface area contributed by atoms with Crippen LogP contribution in [0.5, 0.6) is 0 Å². The maximum absolute atomic E-state index is 9.98. The summed E-state index contributed by atoms with van der Waals surface area (Å²) >= 11 is 2.02. The molecule has 0 aromatic heterocycles. The SMILES string of the molecule is C[C@H]1CN(CCSCc2ccccc2)CCN1CC(C)(C)O. The molecule has 0 saturated carbocycles. The maximum Gasteiger partial charge on any atom is 0.0718 e. The molecule has 0 aliphatic carbocycles. The van der Waals surface area contributed by atoms with Gasteiger partial charge in [-0.25, -0.2) is 0 Å². The zero-order chi connectivity index (χ0) is 16.0. The summed E-state index contributed by atoms with van der Waals surface area (Å²) in [6.45, 7) is 11.3. The third kappa shape index (κ3) is 6.29. The predicted molar refractivity (Wildman–Crippen MR) is 96.4 cm³/mol. The van der Waals surface area contributed by atoms with Gasteiger partial charge in [-0.3, -0.25) is 9.80 Å². The van der Waals surface area contributed by atoms with Gasteiger partial charge in [0, 0.05) is 50.3 Å². The summed E-state index contributed by atoms with van der Waals surface area (Å²) in [4.78, 5) is 4.97. The van der Waals surface area contributed by atoms with Crippen LogP contribution < -0.4 is 0 Å². The summed E-state index contributed by atoms with van der Waals surface area (Å²) in [5.74, 6) is 2.29. The highest BCUT2D eigenvalue weighted by Crippen LogP contribution is 2.16. The van der Waals surface area contributed by atoms with E-state index in [1.54, 1.807) is 0 Å². The van der Waals surface area contributed by atoms with Crippen LogP contribution in [0.25, 0.3) is 0 Å². The van der Waals surface area contributed by atoms with Crippen LogP contribution in [0.3, 0.4) is 0 Å². The molecule has 3 nitrogen and oxygen atoms in total. The molecule has 1 aliphatic heterocycles. The Morgan fingerprint density at radius 3 is 2.59 bits per heavy atom. The quantitative estimate of drug-likeness (QED) is 0.781. The number of hydrogen-bond donors (Lipinski definition) is 1. The van der Waals surface area contributed by atoms with Gasteiger partial charge in [-0.2, -0.15) is 11.8 Å². The Bertz CT molecular complexity index is 432. The lowest BCUT2D eigenvalue weighted by Gasteiger charge is -2.42. The van der Waals surface area contributed by atoms with Gasteiger partial charge in [0.05, 0.1) is 5.60 Å². The van der Waals surface area contributed by atoms with E-state index in [1.165, 1.54) is 11.3 Å². The van der Waals surface area contributed by atoms with Crippen molar-refractivity contribution in [3.8, 4) is 0 Å². The normalized spacial score (nSPS) is 21.2. The molecule has 1 N–H and O–H groups in total. The highest BCUT2D eigenvalue weighted by Gasteiger charge is 2.27. The fourth-order valence-electron chi connectivity index (χ4n) is 2.96. The number of thioether (sulfide) groups is 1. The number of benzene rings is 1. The van der Waals surface area contributed by atoms with Crippen LogP contribution in [-0.2, 0) is 5.75 Å². The largest absolute Gasteiger partial charge is 0.389 e. The lowest BCUT2D eigenvalue weighted by atomic mass is 10.1. The van der Waals surface area contributed by atoms with Crippen LogP contribution in [0.15, 0.2) is 30.3 Å². The number of rotatable bonds is 7. The molecule has 1 aromatic rings. The third-order valence-corrected chi connectivity index (χ3v) is 5.11. The van der Waals surface area contributed by atoms with Gasteiger partial charge in [0.15, 0.2) is 0 Å². The Morgan fingerprint density at radius 1 is 1.23 bits per heavy atom. The minimum absolute atomic E-state index is 0.527. The van der Waals surface area contributed by atoms with Gasteiger partial charge in [-0.05, 0) is 26.3 Å². The molecular weight excluding hydrogens is 292 g/mol. The monoisotopic (exact) mass is 322 g/mol. The van der Waals surface area contributed by atoms with Gasteiger partial charge in [-0.1, -0.05) is 30.3 Å². The summed E-state index contributed by atoms with van der Waals surface area (Å²) in [5, 5.41) is 9.98. The summed E-state index contributed by atoms with van der Waals surface area (Å²) in [6.07, 6.45) is 0. The lowest BCUT2D eigenvalue weighted by Crippen LogP contribution is -2.55. The molecule has 1 saturated heterocycles.